The summed E-state index contributed by atoms with van der Waals surface area (Å²) in [5.74, 6) is 0. The van der Waals surface area contributed by atoms with Gasteiger partial charge in [0.05, 0.1) is 17.0 Å². The molecule has 2 aromatic carbocycles. The van der Waals surface area contributed by atoms with Gasteiger partial charge in [-0.2, -0.15) is 15.5 Å². The van der Waals surface area contributed by atoms with Crippen molar-refractivity contribution in [3.05, 3.63) is 71.9 Å². The van der Waals surface area contributed by atoms with Gasteiger partial charge in [0.25, 0.3) is 0 Å². The predicted octanol–water partition coefficient (Wildman–Crippen LogP) is 4.73. The van der Waals surface area contributed by atoms with Crippen molar-refractivity contribution in [3.8, 4) is 6.07 Å². The van der Waals surface area contributed by atoms with E-state index in [1.807, 2.05) is 60.7 Å². The lowest BCUT2D eigenvalue weighted by Crippen LogP contribution is -1.84. The minimum atomic E-state index is 0.542. The molecule has 0 heterocycles. The first-order chi connectivity index (χ1) is 9.31. The van der Waals surface area contributed by atoms with Crippen LogP contribution in [0.3, 0.4) is 0 Å². The summed E-state index contributed by atoms with van der Waals surface area (Å²) >= 11 is 0. The molecule has 0 saturated heterocycles. The number of rotatable bonds is 3. The summed E-state index contributed by atoms with van der Waals surface area (Å²) in [6, 6.07) is 21.1. The average molecular weight is 247 g/mol. The van der Waals surface area contributed by atoms with E-state index in [0.29, 0.717) is 11.3 Å². The number of nitriles is 1. The van der Waals surface area contributed by atoms with Crippen LogP contribution >= 0.6 is 0 Å². The highest BCUT2D eigenvalue weighted by Gasteiger charge is 2.04. The van der Waals surface area contributed by atoms with E-state index in [2.05, 4.69) is 16.3 Å². The number of nitrogens with zero attached hydrogens (tertiary/aromatic N) is 3. The zero-order chi connectivity index (χ0) is 13.5. The van der Waals surface area contributed by atoms with Gasteiger partial charge in [0.15, 0.2) is 0 Å². The van der Waals surface area contributed by atoms with Crippen LogP contribution in [0.1, 0.15) is 12.5 Å². The summed E-state index contributed by atoms with van der Waals surface area (Å²) in [7, 11) is 0. The SMILES string of the molecule is C/C(N=Nc1ccccc1)=C(/C#N)c1ccccc1. The summed E-state index contributed by atoms with van der Waals surface area (Å²) in [5.41, 5.74) is 2.78. The van der Waals surface area contributed by atoms with Crippen molar-refractivity contribution in [2.75, 3.05) is 0 Å². The van der Waals surface area contributed by atoms with E-state index in [0.717, 1.165) is 11.3 Å². The molecule has 0 radical (unpaired) electrons. The maximum atomic E-state index is 9.24. The molecule has 92 valence electrons. The molecule has 0 atom stereocenters. The minimum Gasteiger partial charge on any atom is -0.192 e. The van der Waals surface area contributed by atoms with Crippen LogP contribution in [0.25, 0.3) is 5.57 Å². The fourth-order valence-corrected chi connectivity index (χ4v) is 1.64. The van der Waals surface area contributed by atoms with Crippen LogP contribution in [-0.4, -0.2) is 0 Å². The quantitative estimate of drug-likeness (QED) is 0.571. The van der Waals surface area contributed by atoms with Crippen molar-refractivity contribution >= 4 is 11.3 Å². The van der Waals surface area contributed by atoms with Crippen LogP contribution in [0, 0.1) is 11.3 Å². The summed E-state index contributed by atoms with van der Waals surface area (Å²) in [6.07, 6.45) is 0. The second-order valence-electron chi connectivity index (χ2n) is 3.97. The van der Waals surface area contributed by atoms with E-state index in [1.165, 1.54) is 0 Å². The Morgan fingerprint density at radius 3 is 2.11 bits per heavy atom. The van der Waals surface area contributed by atoms with Crippen LogP contribution in [0.15, 0.2) is 76.6 Å². The Morgan fingerprint density at radius 2 is 1.53 bits per heavy atom. The van der Waals surface area contributed by atoms with E-state index < -0.39 is 0 Å². The monoisotopic (exact) mass is 247 g/mol. The average Bonchev–Trinajstić information content (AvgIpc) is 2.48. The van der Waals surface area contributed by atoms with Gasteiger partial charge in [0, 0.05) is 0 Å². The van der Waals surface area contributed by atoms with E-state index in [1.54, 1.807) is 6.92 Å². The molecular formula is C16H13N3. The minimum absolute atomic E-state index is 0.542. The van der Waals surface area contributed by atoms with Crippen LogP contribution in [0.4, 0.5) is 5.69 Å². The number of benzene rings is 2. The van der Waals surface area contributed by atoms with Gasteiger partial charge in [-0.1, -0.05) is 48.5 Å². The first-order valence-electron chi connectivity index (χ1n) is 5.94. The van der Waals surface area contributed by atoms with Gasteiger partial charge in [-0.3, -0.25) is 0 Å². The molecule has 0 bridgehead atoms. The fourth-order valence-electron chi connectivity index (χ4n) is 1.64. The standard InChI is InChI=1S/C16H13N3/c1-13(18-19-15-10-6-3-7-11-15)16(12-17)14-8-4-2-5-9-14/h2-11H,1H3/b16-13+,19-18?. The second-order valence-corrected chi connectivity index (χ2v) is 3.97. The summed E-state index contributed by atoms with van der Waals surface area (Å²) < 4.78 is 0. The molecule has 0 saturated carbocycles. The van der Waals surface area contributed by atoms with Gasteiger partial charge in [0.1, 0.15) is 6.07 Å². The second kappa shape index (κ2) is 6.27. The van der Waals surface area contributed by atoms with Crippen LogP contribution in [0.2, 0.25) is 0 Å². The van der Waals surface area contributed by atoms with E-state index in [-0.39, 0.29) is 0 Å². The molecule has 0 N–H and O–H groups in total. The lowest BCUT2D eigenvalue weighted by atomic mass is 10.1. The Kier molecular flexibility index (Phi) is 4.20. The molecule has 0 aliphatic carbocycles. The first kappa shape index (κ1) is 12.7. The lowest BCUT2D eigenvalue weighted by molar-refractivity contribution is 1.13. The Labute approximate surface area is 112 Å². The van der Waals surface area contributed by atoms with E-state index in [9.17, 15) is 5.26 Å². The van der Waals surface area contributed by atoms with Gasteiger partial charge in [-0.15, -0.1) is 0 Å². The summed E-state index contributed by atoms with van der Waals surface area (Å²) in [6.45, 7) is 1.79. The third kappa shape index (κ3) is 3.36. The van der Waals surface area contributed by atoms with Crippen molar-refractivity contribution in [2.24, 2.45) is 10.2 Å². The Hall–Kier alpha value is -2.73. The molecule has 0 aliphatic heterocycles. The molecular weight excluding hydrogens is 234 g/mol. The van der Waals surface area contributed by atoms with Gasteiger partial charge in [-0.05, 0) is 24.6 Å². The Balaban J connectivity index is 2.31. The van der Waals surface area contributed by atoms with Gasteiger partial charge in [-0.25, -0.2) is 0 Å². The lowest BCUT2D eigenvalue weighted by Gasteiger charge is -2.00. The highest BCUT2D eigenvalue weighted by Crippen LogP contribution is 2.20. The van der Waals surface area contributed by atoms with Crippen molar-refractivity contribution in [1.82, 2.24) is 0 Å². The maximum absolute atomic E-state index is 9.24. The highest BCUT2D eigenvalue weighted by atomic mass is 15.1. The number of hydrogen-bond donors (Lipinski definition) is 0. The Bertz CT molecular complexity index is 635. The van der Waals surface area contributed by atoms with Gasteiger partial charge < -0.3 is 0 Å². The zero-order valence-corrected chi connectivity index (χ0v) is 10.6. The third-order valence-corrected chi connectivity index (χ3v) is 2.61. The molecule has 3 heteroatoms. The topological polar surface area (TPSA) is 48.5 Å². The fraction of sp³-hybridized carbons (Fsp3) is 0.0625. The van der Waals surface area contributed by atoms with Crippen LogP contribution in [-0.2, 0) is 0 Å². The maximum Gasteiger partial charge on any atom is 0.102 e. The molecule has 2 aromatic rings. The van der Waals surface area contributed by atoms with Gasteiger partial charge >= 0.3 is 0 Å². The van der Waals surface area contributed by atoms with Crippen molar-refractivity contribution in [1.29, 1.82) is 5.26 Å². The van der Waals surface area contributed by atoms with Crippen LogP contribution < -0.4 is 0 Å². The normalized spacial score (nSPS) is 12.0. The summed E-state index contributed by atoms with van der Waals surface area (Å²) in [5, 5.41) is 17.5. The smallest absolute Gasteiger partial charge is 0.102 e. The first-order valence-corrected chi connectivity index (χ1v) is 5.94. The highest BCUT2D eigenvalue weighted by molar-refractivity contribution is 5.78. The molecule has 0 aliphatic rings. The van der Waals surface area contributed by atoms with Gasteiger partial charge in [0.2, 0.25) is 0 Å². The molecule has 0 amide bonds. The third-order valence-electron chi connectivity index (χ3n) is 2.61. The zero-order valence-electron chi connectivity index (χ0n) is 10.6. The number of allylic oxidation sites excluding steroid dienone is 2. The molecule has 0 aromatic heterocycles. The predicted molar refractivity (Wildman–Crippen MR) is 75.6 cm³/mol. The van der Waals surface area contributed by atoms with E-state index in [4.69, 9.17) is 0 Å². The van der Waals surface area contributed by atoms with Crippen molar-refractivity contribution in [3.63, 3.8) is 0 Å². The van der Waals surface area contributed by atoms with E-state index >= 15 is 0 Å². The largest absolute Gasteiger partial charge is 0.192 e. The van der Waals surface area contributed by atoms with Crippen molar-refractivity contribution < 1.29 is 0 Å². The molecule has 0 unspecified atom stereocenters. The molecule has 19 heavy (non-hydrogen) atoms. The summed E-state index contributed by atoms with van der Waals surface area (Å²) in [4.78, 5) is 0. The molecule has 3 nitrogen and oxygen atoms in total. The Morgan fingerprint density at radius 1 is 0.947 bits per heavy atom. The van der Waals surface area contributed by atoms with Crippen LogP contribution in [0.5, 0.6) is 0 Å². The molecule has 2 rings (SSSR count). The number of hydrogen-bond acceptors (Lipinski definition) is 3. The molecule has 0 spiro atoms. The molecule has 0 fully saturated rings. The van der Waals surface area contributed by atoms with Crippen molar-refractivity contribution in [2.45, 2.75) is 6.92 Å². The number of azo groups is 1.